The van der Waals surface area contributed by atoms with E-state index >= 15 is 0 Å². The summed E-state index contributed by atoms with van der Waals surface area (Å²) in [4.78, 5) is 2.16. The number of methoxy groups -OCH3 is 2. The molecule has 0 unspecified atom stereocenters. The molecule has 1 saturated carbocycles. The van der Waals surface area contributed by atoms with Crippen molar-refractivity contribution in [2.24, 2.45) is 5.41 Å². The van der Waals surface area contributed by atoms with E-state index in [9.17, 15) is 5.11 Å². The molecule has 0 atom stereocenters. The zero-order valence-corrected chi connectivity index (χ0v) is 12.0. The van der Waals surface area contributed by atoms with Crippen LogP contribution in [0.2, 0.25) is 0 Å². The second-order valence-electron chi connectivity index (χ2n) is 5.41. The third-order valence-electron chi connectivity index (χ3n) is 4.12. The summed E-state index contributed by atoms with van der Waals surface area (Å²) >= 11 is 0. The fourth-order valence-electron chi connectivity index (χ4n) is 2.73. The van der Waals surface area contributed by atoms with Crippen molar-refractivity contribution in [3.05, 3.63) is 18.2 Å². The van der Waals surface area contributed by atoms with E-state index in [0.717, 1.165) is 36.6 Å². The summed E-state index contributed by atoms with van der Waals surface area (Å²) in [6, 6.07) is 5.82. The average Bonchev–Trinajstić information content (AvgIpc) is 2.41. The molecule has 0 radical (unpaired) electrons. The molecule has 4 heteroatoms. The Balaban J connectivity index is 2.16. The smallest absolute Gasteiger partial charge is 0.145 e. The minimum atomic E-state index is 0.0691. The lowest BCUT2D eigenvalue weighted by molar-refractivity contribution is 0.0523. The van der Waals surface area contributed by atoms with Gasteiger partial charge in [-0.3, -0.25) is 0 Å². The number of ether oxygens (including phenoxy) is 2. The molecule has 106 valence electrons. The van der Waals surface area contributed by atoms with Gasteiger partial charge in [-0.1, -0.05) is 6.42 Å². The molecule has 0 amide bonds. The largest absolute Gasteiger partial charge is 0.497 e. The van der Waals surface area contributed by atoms with Crippen LogP contribution in [-0.2, 0) is 0 Å². The first-order valence-corrected chi connectivity index (χ1v) is 6.68. The van der Waals surface area contributed by atoms with Crippen LogP contribution in [0.25, 0.3) is 0 Å². The van der Waals surface area contributed by atoms with Crippen LogP contribution in [0.15, 0.2) is 18.2 Å². The van der Waals surface area contributed by atoms with Gasteiger partial charge in [-0.15, -0.1) is 0 Å². The Kier molecular flexibility index (Phi) is 4.20. The molecule has 1 aromatic carbocycles. The van der Waals surface area contributed by atoms with Gasteiger partial charge in [-0.2, -0.15) is 0 Å². The summed E-state index contributed by atoms with van der Waals surface area (Å²) in [5.74, 6) is 1.59. The Labute approximate surface area is 114 Å². The minimum absolute atomic E-state index is 0.0691. The monoisotopic (exact) mass is 265 g/mol. The van der Waals surface area contributed by atoms with Gasteiger partial charge < -0.3 is 19.5 Å². The molecule has 0 saturated heterocycles. The Hall–Kier alpha value is -1.42. The van der Waals surface area contributed by atoms with Crippen LogP contribution in [0, 0.1) is 5.41 Å². The highest BCUT2D eigenvalue weighted by Crippen LogP contribution is 2.42. The van der Waals surface area contributed by atoms with Crippen molar-refractivity contribution in [1.29, 1.82) is 0 Å². The molecule has 0 aliphatic heterocycles. The standard InChI is InChI=1S/C15H23NO3/c1-16(10-15(11-17)7-4-8-15)13-6-5-12(18-2)9-14(13)19-3/h5-6,9,17H,4,7-8,10-11H2,1-3H3. The Morgan fingerprint density at radius 2 is 2.00 bits per heavy atom. The molecule has 1 aromatic rings. The lowest BCUT2D eigenvalue weighted by Crippen LogP contribution is -2.43. The molecule has 19 heavy (non-hydrogen) atoms. The Morgan fingerprint density at radius 1 is 1.26 bits per heavy atom. The molecule has 1 fully saturated rings. The maximum Gasteiger partial charge on any atom is 0.145 e. The van der Waals surface area contributed by atoms with E-state index in [0.29, 0.717) is 0 Å². The Bertz CT molecular complexity index is 424. The van der Waals surface area contributed by atoms with Crippen LogP contribution in [-0.4, -0.2) is 39.5 Å². The van der Waals surface area contributed by atoms with Crippen molar-refractivity contribution in [2.75, 3.05) is 39.3 Å². The normalized spacial score (nSPS) is 16.6. The first-order chi connectivity index (χ1) is 9.14. The van der Waals surface area contributed by atoms with Crippen LogP contribution in [0.4, 0.5) is 5.69 Å². The molecule has 2 rings (SSSR count). The van der Waals surface area contributed by atoms with Crippen molar-refractivity contribution in [3.8, 4) is 11.5 Å². The molecule has 4 nitrogen and oxygen atoms in total. The second kappa shape index (κ2) is 5.70. The van der Waals surface area contributed by atoms with E-state index in [1.54, 1.807) is 14.2 Å². The summed E-state index contributed by atoms with van der Waals surface area (Å²) in [6.45, 7) is 1.11. The zero-order valence-electron chi connectivity index (χ0n) is 12.0. The van der Waals surface area contributed by atoms with E-state index < -0.39 is 0 Å². The molecule has 1 aliphatic rings. The summed E-state index contributed by atoms with van der Waals surface area (Å²) in [5.41, 5.74) is 1.10. The quantitative estimate of drug-likeness (QED) is 0.857. The van der Waals surface area contributed by atoms with Crippen LogP contribution in [0.5, 0.6) is 11.5 Å². The fourth-order valence-corrected chi connectivity index (χ4v) is 2.73. The SMILES string of the molecule is COc1ccc(N(C)CC2(CO)CCC2)c(OC)c1. The maximum atomic E-state index is 9.56. The summed E-state index contributed by atoms with van der Waals surface area (Å²) in [5, 5.41) is 9.56. The third-order valence-corrected chi connectivity index (χ3v) is 4.12. The number of aliphatic hydroxyl groups is 1. The van der Waals surface area contributed by atoms with Gasteiger partial charge in [-0.05, 0) is 25.0 Å². The maximum absolute atomic E-state index is 9.56. The topological polar surface area (TPSA) is 41.9 Å². The van der Waals surface area contributed by atoms with Gasteiger partial charge in [0, 0.05) is 25.1 Å². The number of benzene rings is 1. The summed E-state index contributed by atoms with van der Waals surface area (Å²) in [7, 11) is 5.35. The van der Waals surface area contributed by atoms with Gasteiger partial charge in [0.1, 0.15) is 11.5 Å². The minimum Gasteiger partial charge on any atom is -0.497 e. The molecule has 0 bridgehead atoms. The molecule has 0 spiro atoms. The van der Waals surface area contributed by atoms with Crippen LogP contribution in [0.3, 0.4) is 0 Å². The highest BCUT2D eigenvalue weighted by molar-refractivity contribution is 5.60. The van der Waals surface area contributed by atoms with Gasteiger partial charge in [0.15, 0.2) is 0 Å². The van der Waals surface area contributed by atoms with Crippen molar-refractivity contribution < 1.29 is 14.6 Å². The predicted octanol–water partition coefficient (Wildman–Crippen LogP) is 2.30. The molecule has 1 N–H and O–H groups in total. The van der Waals surface area contributed by atoms with Gasteiger partial charge in [0.25, 0.3) is 0 Å². The van der Waals surface area contributed by atoms with Crippen molar-refractivity contribution in [3.63, 3.8) is 0 Å². The number of aliphatic hydroxyl groups excluding tert-OH is 1. The van der Waals surface area contributed by atoms with E-state index in [1.165, 1.54) is 6.42 Å². The highest BCUT2D eigenvalue weighted by Gasteiger charge is 2.37. The van der Waals surface area contributed by atoms with Gasteiger partial charge in [0.05, 0.1) is 26.5 Å². The number of hydrogen-bond donors (Lipinski definition) is 1. The molecular formula is C15H23NO3. The number of anilines is 1. The number of hydrogen-bond acceptors (Lipinski definition) is 4. The molecule has 0 heterocycles. The van der Waals surface area contributed by atoms with E-state index in [4.69, 9.17) is 9.47 Å². The van der Waals surface area contributed by atoms with E-state index in [-0.39, 0.29) is 12.0 Å². The number of nitrogens with zero attached hydrogens (tertiary/aromatic N) is 1. The number of rotatable bonds is 6. The van der Waals surface area contributed by atoms with E-state index in [2.05, 4.69) is 4.90 Å². The van der Waals surface area contributed by atoms with Gasteiger partial charge >= 0.3 is 0 Å². The molecule has 1 aliphatic carbocycles. The zero-order chi connectivity index (χ0) is 13.9. The first-order valence-electron chi connectivity index (χ1n) is 6.68. The van der Waals surface area contributed by atoms with Crippen LogP contribution >= 0.6 is 0 Å². The van der Waals surface area contributed by atoms with Crippen molar-refractivity contribution in [1.82, 2.24) is 0 Å². The van der Waals surface area contributed by atoms with Crippen molar-refractivity contribution in [2.45, 2.75) is 19.3 Å². The summed E-state index contributed by atoms with van der Waals surface area (Å²) < 4.78 is 10.6. The third kappa shape index (κ3) is 2.78. The van der Waals surface area contributed by atoms with Gasteiger partial charge in [0.2, 0.25) is 0 Å². The molecular weight excluding hydrogens is 242 g/mol. The lowest BCUT2D eigenvalue weighted by Gasteiger charge is -2.43. The Morgan fingerprint density at radius 3 is 2.47 bits per heavy atom. The van der Waals surface area contributed by atoms with Crippen LogP contribution in [0.1, 0.15) is 19.3 Å². The first kappa shape index (κ1) is 14.0. The van der Waals surface area contributed by atoms with Crippen LogP contribution < -0.4 is 14.4 Å². The summed E-state index contributed by atoms with van der Waals surface area (Å²) in [6.07, 6.45) is 3.42. The highest BCUT2D eigenvalue weighted by atomic mass is 16.5. The second-order valence-corrected chi connectivity index (χ2v) is 5.41. The van der Waals surface area contributed by atoms with Gasteiger partial charge in [-0.25, -0.2) is 0 Å². The fraction of sp³-hybridized carbons (Fsp3) is 0.600. The van der Waals surface area contributed by atoms with E-state index in [1.807, 2.05) is 25.2 Å². The lowest BCUT2D eigenvalue weighted by atomic mass is 9.69. The molecule has 0 aromatic heterocycles. The van der Waals surface area contributed by atoms with Crippen molar-refractivity contribution >= 4 is 5.69 Å². The average molecular weight is 265 g/mol. The predicted molar refractivity (Wildman–Crippen MR) is 76.2 cm³/mol.